The number of carbonyl (C=O) groups excluding carboxylic acids is 2. The van der Waals surface area contributed by atoms with Gasteiger partial charge in [0.05, 0.1) is 6.67 Å². The van der Waals surface area contributed by atoms with E-state index in [0.29, 0.717) is 19.8 Å². The predicted octanol–water partition coefficient (Wildman–Crippen LogP) is 2.01. The van der Waals surface area contributed by atoms with Gasteiger partial charge in [-0.2, -0.15) is 13.2 Å². The highest BCUT2D eigenvalue weighted by Crippen LogP contribution is 2.36. The highest BCUT2D eigenvalue weighted by atomic mass is 19.4. The van der Waals surface area contributed by atoms with E-state index in [1.807, 2.05) is 30.3 Å². The molecule has 13 heteroatoms. The number of hydrogen-bond donors (Lipinski definition) is 3. The fraction of sp³-hybridized carbons (Fsp3) is 0.391. The van der Waals surface area contributed by atoms with Crippen LogP contribution in [0.3, 0.4) is 0 Å². The smallest absolute Gasteiger partial charge is 0.475 e. The summed E-state index contributed by atoms with van der Waals surface area (Å²) in [6, 6.07) is 12.7. The van der Waals surface area contributed by atoms with Crippen LogP contribution in [0.1, 0.15) is 23.3 Å². The molecule has 1 aromatic heterocycles. The van der Waals surface area contributed by atoms with E-state index in [1.165, 1.54) is 18.3 Å². The molecule has 3 N–H and O–H groups in total. The van der Waals surface area contributed by atoms with E-state index in [0.717, 1.165) is 31.6 Å². The lowest BCUT2D eigenvalue weighted by atomic mass is 9.85. The first kappa shape index (κ1) is 26.9. The van der Waals surface area contributed by atoms with Gasteiger partial charge in [-0.05, 0) is 37.1 Å². The van der Waals surface area contributed by atoms with Crippen molar-refractivity contribution in [3.63, 3.8) is 0 Å². The van der Waals surface area contributed by atoms with Gasteiger partial charge in [0.25, 0.3) is 5.91 Å². The molecule has 2 saturated heterocycles. The highest BCUT2D eigenvalue weighted by molar-refractivity contribution is 5.93. The minimum atomic E-state index is -5.08. The van der Waals surface area contributed by atoms with Crippen molar-refractivity contribution in [3.05, 3.63) is 60.2 Å². The van der Waals surface area contributed by atoms with Crippen LogP contribution in [0.2, 0.25) is 0 Å². The second-order valence-corrected chi connectivity index (χ2v) is 8.19. The van der Waals surface area contributed by atoms with Crippen LogP contribution in [0.15, 0.2) is 48.7 Å². The lowest BCUT2D eigenvalue weighted by Crippen LogP contribution is -2.57. The molecule has 0 radical (unpaired) electrons. The molecule has 0 bridgehead atoms. The first-order valence-corrected chi connectivity index (χ1v) is 11.1. The Morgan fingerprint density at radius 3 is 2.33 bits per heavy atom. The van der Waals surface area contributed by atoms with Gasteiger partial charge < -0.3 is 25.5 Å². The zero-order valence-corrected chi connectivity index (χ0v) is 19.1. The number of alkyl halides is 3. The van der Waals surface area contributed by atoms with E-state index >= 15 is 0 Å². The van der Waals surface area contributed by atoms with E-state index < -0.39 is 29.4 Å². The number of hydrogen-bond acceptors (Lipinski definition) is 6. The minimum Gasteiger partial charge on any atom is -0.475 e. The van der Waals surface area contributed by atoms with Crippen LogP contribution in [-0.4, -0.2) is 77.3 Å². The fourth-order valence-corrected chi connectivity index (χ4v) is 4.14. The molecule has 1 aromatic carbocycles. The number of carboxylic acids is 1. The van der Waals surface area contributed by atoms with E-state index in [-0.39, 0.29) is 11.6 Å². The molecule has 0 atom stereocenters. The maximum atomic E-state index is 13.6. The van der Waals surface area contributed by atoms with E-state index in [9.17, 15) is 27.2 Å². The Morgan fingerprint density at radius 2 is 1.75 bits per heavy atom. The second kappa shape index (κ2) is 11.3. The number of anilines is 1. The number of rotatable bonds is 5. The third kappa shape index (κ3) is 6.27. The fourth-order valence-electron chi connectivity index (χ4n) is 4.14. The van der Waals surface area contributed by atoms with Crippen molar-refractivity contribution >= 4 is 23.5 Å². The Bertz CT molecular complexity index is 1080. The standard InChI is InChI=1S/C21H24FN5O2.C2HF3O2/c22-17-7-4-10-23-18(17)19(28)24-11-14-26-12-8-21(9-13-26)20(29)25-15-27(21)16-5-2-1-3-6-16;3-2(4,5)1(6)7/h1-7,10H,8-9,11-15H2,(H,24,28)(H,25,29);(H,6,7). The summed E-state index contributed by atoms with van der Waals surface area (Å²) in [5.74, 6) is -3.81. The molecule has 2 aliphatic rings. The van der Waals surface area contributed by atoms with Gasteiger partial charge >= 0.3 is 12.1 Å². The molecule has 2 aromatic rings. The van der Waals surface area contributed by atoms with Crippen LogP contribution < -0.4 is 15.5 Å². The number of aromatic nitrogens is 1. The van der Waals surface area contributed by atoms with E-state index in [1.54, 1.807) is 0 Å². The molecule has 2 fully saturated rings. The van der Waals surface area contributed by atoms with Crippen LogP contribution >= 0.6 is 0 Å². The number of halogens is 4. The highest BCUT2D eigenvalue weighted by Gasteiger charge is 2.50. The third-order valence-electron chi connectivity index (χ3n) is 6.02. The summed E-state index contributed by atoms with van der Waals surface area (Å²) in [6.45, 7) is 3.07. The van der Waals surface area contributed by atoms with Gasteiger partial charge in [0.1, 0.15) is 5.54 Å². The number of nitrogens with zero attached hydrogens (tertiary/aromatic N) is 3. The third-order valence-corrected chi connectivity index (χ3v) is 6.02. The summed E-state index contributed by atoms with van der Waals surface area (Å²) in [5, 5.41) is 12.8. The Balaban J connectivity index is 0.000000454. The maximum absolute atomic E-state index is 13.6. The molecule has 0 aliphatic carbocycles. The molecular formula is C23H25F4N5O4. The Morgan fingerprint density at radius 1 is 1.11 bits per heavy atom. The number of likely N-dealkylation sites (tertiary alicyclic amines) is 1. The van der Waals surface area contributed by atoms with Crippen molar-refractivity contribution in [2.45, 2.75) is 24.6 Å². The van der Waals surface area contributed by atoms with E-state index in [2.05, 4.69) is 25.4 Å². The molecule has 0 unspecified atom stereocenters. The van der Waals surface area contributed by atoms with Crippen LogP contribution in [0.4, 0.5) is 23.2 Å². The second-order valence-electron chi connectivity index (χ2n) is 8.19. The number of carbonyl (C=O) groups is 3. The molecule has 0 saturated carbocycles. The first-order chi connectivity index (χ1) is 17.0. The van der Waals surface area contributed by atoms with Gasteiger partial charge in [-0.3, -0.25) is 9.59 Å². The number of piperidine rings is 1. The zero-order chi connectivity index (χ0) is 26.3. The topological polar surface area (TPSA) is 115 Å². The average Bonchev–Trinajstić information content (AvgIpc) is 3.16. The number of nitrogens with one attached hydrogen (secondary N) is 2. The Labute approximate surface area is 204 Å². The molecule has 2 aliphatic heterocycles. The van der Waals surface area contributed by atoms with Gasteiger partial charge in [0.15, 0.2) is 11.5 Å². The average molecular weight is 511 g/mol. The van der Waals surface area contributed by atoms with Crippen molar-refractivity contribution in [1.29, 1.82) is 0 Å². The molecular weight excluding hydrogens is 486 g/mol. The number of carboxylic acid groups (broad SMARTS) is 1. The molecule has 194 valence electrons. The molecule has 9 nitrogen and oxygen atoms in total. The van der Waals surface area contributed by atoms with Crippen molar-refractivity contribution in [2.75, 3.05) is 37.7 Å². The summed E-state index contributed by atoms with van der Waals surface area (Å²) in [5.41, 5.74) is 0.341. The van der Waals surface area contributed by atoms with Gasteiger partial charge in [-0.1, -0.05) is 18.2 Å². The van der Waals surface area contributed by atoms with Crippen molar-refractivity contribution < 1.29 is 37.1 Å². The SMILES string of the molecule is O=C(NCCN1CCC2(CC1)C(=O)NCN2c1ccccc1)c1ncccc1F.O=C(O)C(F)(F)F. The molecule has 3 heterocycles. The molecule has 1 spiro atoms. The Kier molecular flexibility index (Phi) is 8.45. The van der Waals surface area contributed by atoms with Crippen LogP contribution in [-0.2, 0) is 9.59 Å². The maximum Gasteiger partial charge on any atom is 0.490 e. The molecule has 4 rings (SSSR count). The van der Waals surface area contributed by atoms with Gasteiger partial charge in [-0.15, -0.1) is 0 Å². The predicted molar refractivity (Wildman–Crippen MR) is 121 cm³/mol. The first-order valence-electron chi connectivity index (χ1n) is 11.1. The number of amides is 2. The summed E-state index contributed by atoms with van der Waals surface area (Å²) in [6.07, 6.45) is -2.25. The van der Waals surface area contributed by atoms with Gasteiger partial charge in [-0.25, -0.2) is 14.2 Å². The number of pyridine rings is 1. The molecule has 36 heavy (non-hydrogen) atoms. The number of benzene rings is 1. The zero-order valence-electron chi connectivity index (χ0n) is 19.1. The van der Waals surface area contributed by atoms with Crippen LogP contribution in [0.5, 0.6) is 0 Å². The van der Waals surface area contributed by atoms with Gasteiger partial charge in [0.2, 0.25) is 5.91 Å². The normalized spacial score (nSPS) is 17.2. The monoisotopic (exact) mass is 511 g/mol. The van der Waals surface area contributed by atoms with Crippen molar-refractivity contribution in [1.82, 2.24) is 20.5 Å². The summed E-state index contributed by atoms with van der Waals surface area (Å²) < 4.78 is 45.4. The Hall–Kier alpha value is -3.74. The summed E-state index contributed by atoms with van der Waals surface area (Å²) in [4.78, 5) is 41.8. The van der Waals surface area contributed by atoms with Gasteiger partial charge in [0, 0.05) is 38.1 Å². The van der Waals surface area contributed by atoms with Crippen LogP contribution in [0.25, 0.3) is 0 Å². The number of aliphatic carboxylic acids is 1. The summed E-state index contributed by atoms with van der Waals surface area (Å²) in [7, 11) is 0. The summed E-state index contributed by atoms with van der Waals surface area (Å²) >= 11 is 0. The molecule has 2 amide bonds. The minimum absolute atomic E-state index is 0.0833. The quantitative estimate of drug-likeness (QED) is 0.526. The van der Waals surface area contributed by atoms with Crippen LogP contribution in [0, 0.1) is 5.82 Å². The lowest BCUT2D eigenvalue weighted by Gasteiger charge is -2.43. The van der Waals surface area contributed by atoms with Crippen molar-refractivity contribution in [2.24, 2.45) is 0 Å². The largest absolute Gasteiger partial charge is 0.490 e. The van der Waals surface area contributed by atoms with E-state index in [4.69, 9.17) is 9.90 Å². The number of para-hydroxylation sites is 1. The lowest BCUT2D eigenvalue weighted by molar-refractivity contribution is -0.192. The van der Waals surface area contributed by atoms with Crippen molar-refractivity contribution in [3.8, 4) is 0 Å².